The van der Waals surface area contributed by atoms with Gasteiger partial charge in [0.15, 0.2) is 0 Å². The first-order valence-electron chi connectivity index (χ1n) is 8.82. The molecule has 2 aromatic carbocycles. The highest BCUT2D eigenvalue weighted by atomic mass is 16.5. The van der Waals surface area contributed by atoms with Crippen LogP contribution in [0, 0.1) is 0 Å². The first-order valence-corrected chi connectivity index (χ1v) is 8.82. The molecule has 25 heavy (non-hydrogen) atoms. The molecule has 4 nitrogen and oxygen atoms in total. The topological polar surface area (TPSA) is 58.6 Å². The average molecular weight is 341 g/mol. The first-order chi connectivity index (χ1) is 12.0. The van der Waals surface area contributed by atoms with E-state index in [1.165, 1.54) is 5.56 Å². The molecule has 1 amide bonds. The van der Waals surface area contributed by atoms with Crippen LogP contribution in [0.2, 0.25) is 0 Å². The Hall–Kier alpha value is -2.49. The van der Waals surface area contributed by atoms with Gasteiger partial charge in [0.2, 0.25) is 5.91 Å². The molecule has 2 N–H and O–H groups in total. The van der Waals surface area contributed by atoms with Crippen molar-refractivity contribution in [1.29, 1.82) is 0 Å². The fourth-order valence-corrected chi connectivity index (χ4v) is 2.48. The number of hydrogen-bond acceptors (Lipinski definition) is 3. The van der Waals surface area contributed by atoms with Gasteiger partial charge in [-0.15, -0.1) is 0 Å². The molecular weight excluding hydrogens is 314 g/mol. The number of aryl methyl sites for hydroxylation is 1. The number of nitrogens with one attached hydrogen (secondary N) is 1. The molecule has 2 aromatic rings. The van der Waals surface area contributed by atoms with E-state index in [-0.39, 0.29) is 11.7 Å². The summed E-state index contributed by atoms with van der Waals surface area (Å²) in [5, 5.41) is 12.1. The summed E-state index contributed by atoms with van der Waals surface area (Å²) >= 11 is 0. The smallest absolute Gasteiger partial charge is 0.223 e. The lowest BCUT2D eigenvalue weighted by Crippen LogP contribution is -2.26. The highest BCUT2D eigenvalue weighted by Gasteiger charge is 2.03. The molecule has 0 aromatic heterocycles. The second kappa shape index (κ2) is 9.72. The van der Waals surface area contributed by atoms with Crippen LogP contribution in [0.15, 0.2) is 48.5 Å². The first kappa shape index (κ1) is 18.8. The van der Waals surface area contributed by atoms with E-state index in [0.29, 0.717) is 25.5 Å². The molecule has 0 bridgehead atoms. The van der Waals surface area contributed by atoms with E-state index in [1.807, 2.05) is 24.3 Å². The van der Waals surface area contributed by atoms with Crippen molar-refractivity contribution in [1.82, 2.24) is 5.32 Å². The molecule has 0 spiro atoms. The standard InChI is InChI=1S/C21H27NO3/c1-16(2)18-7-11-20(12-8-18)25-15-13-21(24)22-14-3-4-17-5-9-19(23)10-6-17/h5-12,16,23H,3-4,13-15H2,1-2H3,(H,22,24). The molecule has 0 heterocycles. The van der Waals surface area contributed by atoms with E-state index in [2.05, 4.69) is 31.3 Å². The van der Waals surface area contributed by atoms with Crippen LogP contribution in [0.5, 0.6) is 11.5 Å². The molecule has 0 saturated heterocycles. The summed E-state index contributed by atoms with van der Waals surface area (Å²) in [6, 6.07) is 15.2. The molecule has 134 valence electrons. The minimum atomic E-state index is 0.00417. The predicted molar refractivity (Wildman–Crippen MR) is 100 cm³/mol. The fourth-order valence-electron chi connectivity index (χ4n) is 2.48. The second-order valence-electron chi connectivity index (χ2n) is 6.44. The van der Waals surface area contributed by atoms with Crippen molar-refractivity contribution in [2.45, 2.75) is 39.0 Å². The third-order valence-corrected chi connectivity index (χ3v) is 4.05. The van der Waals surface area contributed by atoms with Crippen LogP contribution in [0.4, 0.5) is 0 Å². The molecule has 0 aliphatic carbocycles. The van der Waals surface area contributed by atoms with Crippen molar-refractivity contribution in [3.63, 3.8) is 0 Å². The van der Waals surface area contributed by atoms with Crippen LogP contribution in [-0.2, 0) is 11.2 Å². The molecule has 0 fully saturated rings. The van der Waals surface area contributed by atoms with Gasteiger partial charge >= 0.3 is 0 Å². The Kier molecular flexibility index (Phi) is 7.33. The van der Waals surface area contributed by atoms with Crippen molar-refractivity contribution in [2.24, 2.45) is 0 Å². The number of rotatable bonds is 9. The molecular formula is C21H27NO3. The molecule has 0 aliphatic rings. The van der Waals surface area contributed by atoms with Gasteiger partial charge in [0.25, 0.3) is 0 Å². The third-order valence-electron chi connectivity index (χ3n) is 4.05. The van der Waals surface area contributed by atoms with Crippen LogP contribution in [-0.4, -0.2) is 24.2 Å². The van der Waals surface area contributed by atoms with Crippen molar-refractivity contribution in [3.05, 3.63) is 59.7 Å². The Morgan fingerprint density at radius 3 is 2.40 bits per heavy atom. The molecule has 0 aliphatic heterocycles. The summed E-state index contributed by atoms with van der Waals surface area (Å²) in [6.45, 7) is 5.33. The molecule has 0 saturated carbocycles. The number of ether oxygens (including phenoxy) is 1. The van der Waals surface area contributed by atoms with Crippen LogP contribution >= 0.6 is 0 Å². The molecule has 0 radical (unpaired) electrons. The number of phenolic OH excluding ortho intramolecular Hbond substituents is 1. The number of aromatic hydroxyl groups is 1. The maximum absolute atomic E-state index is 11.8. The number of phenols is 1. The molecule has 2 rings (SSSR count). The third kappa shape index (κ3) is 6.87. The zero-order valence-corrected chi connectivity index (χ0v) is 15.0. The summed E-state index contributed by atoms with van der Waals surface area (Å²) in [4.78, 5) is 11.8. The Morgan fingerprint density at radius 1 is 1.08 bits per heavy atom. The van der Waals surface area contributed by atoms with E-state index in [1.54, 1.807) is 12.1 Å². The summed E-state index contributed by atoms with van der Waals surface area (Å²) in [5.41, 5.74) is 2.43. The summed E-state index contributed by atoms with van der Waals surface area (Å²) in [7, 11) is 0. The van der Waals surface area contributed by atoms with Crippen LogP contribution in [0.1, 0.15) is 43.7 Å². The highest BCUT2D eigenvalue weighted by molar-refractivity contribution is 5.75. The Morgan fingerprint density at radius 2 is 1.76 bits per heavy atom. The maximum Gasteiger partial charge on any atom is 0.223 e. The van der Waals surface area contributed by atoms with Crippen molar-refractivity contribution < 1.29 is 14.6 Å². The van der Waals surface area contributed by atoms with Gasteiger partial charge in [-0.1, -0.05) is 38.1 Å². The van der Waals surface area contributed by atoms with Crippen molar-refractivity contribution >= 4 is 5.91 Å². The quantitative estimate of drug-likeness (QED) is 0.677. The summed E-state index contributed by atoms with van der Waals surface area (Å²) < 4.78 is 5.61. The van der Waals surface area contributed by atoms with Crippen molar-refractivity contribution in [2.75, 3.05) is 13.2 Å². The number of amides is 1. The van der Waals surface area contributed by atoms with E-state index in [0.717, 1.165) is 24.2 Å². The maximum atomic E-state index is 11.8. The van der Waals surface area contributed by atoms with Gasteiger partial charge in [-0.2, -0.15) is 0 Å². The normalized spacial score (nSPS) is 10.7. The largest absolute Gasteiger partial charge is 0.508 e. The Labute approximate surface area is 149 Å². The monoisotopic (exact) mass is 341 g/mol. The van der Waals surface area contributed by atoms with Gasteiger partial charge in [0.05, 0.1) is 13.0 Å². The van der Waals surface area contributed by atoms with Gasteiger partial charge < -0.3 is 15.2 Å². The Balaban J connectivity index is 1.58. The number of benzene rings is 2. The van der Waals surface area contributed by atoms with Gasteiger partial charge in [-0.3, -0.25) is 4.79 Å². The molecule has 4 heteroatoms. The summed E-state index contributed by atoms with van der Waals surface area (Å²) in [6.07, 6.45) is 2.10. The fraction of sp³-hybridized carbons (Fsp3) is 0.381. The van der Waals surface area contributed by atoms with Gasteiger partial charge in [-0.25, -0.2) is 0 Å². The van der Waals surface area contributed by atoms with E-state index < -0.39 is 0 Å². The van der Waals surface area contributed by atoms with E-state index in [4.69, 9.17) is 4.74 Å². The van der Waals surface area contributed by atoms with Gasteiger partial charge in [-0.05, 0) is 54.2 Å². The number of carbonyl (C=O) groups excluding carboxylic acids is 1. The molecule has 0 atom stereocenters. The van der Waals surface area contributed by atoms with E-state index in [9.17, 15) is 9.90 Å². The zero-order valence-electron chi connectivity index (χ0n) is 15.0. The Bertz CT molecular complexity index is 648. The SMILES string of the molecule is CC(C)c1ccc(OCCC(=O)NCCCc2ccc(O)cc2)cc1. The highest BCUT2D eigenvalue weighted by Crippen LogP contribution is 2.18. The molecule has 0 unspecified atom stereocenters. The predicted octanol–water partition coefficient (Wildman–Crippen LogP) is 4.03. The summed E-state index contributed by atoms with van der Waals surface area (Å²) in [5.74, 6) is 1.58. The van der Waals surface area contributed by atoms with Gasteiger partial charge in [0, 0.05) is 6.54 Å². The average Bonchev–Trinajstić information content (AvgIpc) is 2.61. The van der Waals surface area contributed by atoms with E-state index >= 15 is 0 Å². The number of carbonyl (C=O) groups is 1. The zero-order chi connectivity index (χ0) is 18.1. The van der Waals surface area contributed by atoms with Gasteiger partial charge in [0.1, 0.15) is 11.5 Å². The van der Waals surface area contributed by atoms with Crippen LogP contribution in [0.3, 0.4) is 0 Å². The minimum absolute atomic E-state index is 0.00417. The number of hydrogen-bond donors (Lipinski definition) is 2. The second-order valence-corrected chi connectivity index (χ2v) is 6.44. The minimum Gasteiger partial charge on any atom is -0.508 e. The van der Waals surface area contributed by atoms with Crippen LogP contribution < -0.4 is 10.1 Å². The lowest BCUT2D eigenvalue weighted by atomic mass is 10.0. The lowest BCUT2D eigenvalue weighted by Gasteiger charge is -2.09. The van der Waals surface area contributed by atoms with Crippen LogP contribution in [0.25, 0.3) is 0 Å². The van der Waals surface area contributed by atoms with Crippen molar-refractivity contribution in [3.8, 4) is 11.5 Å². The lowest BCUT2D eigenvalue weighted by molar-refractivity contribution is -0.121.